The molecule has 0 aliphatic carbocycles. The van der Waals surface area contributed by atoms with Crippen molar-refractivity contribution in [2.24, 2.45) is 5.73 Å². The molecule has 1 aromatic carbocycles. The van der Waals surface area contributed by atoms with Crippen molar-refractivity contribution in [3.63, 3.8) is 0 Å². The Balaban J connectivity index is 1.90. The number of aromatic nitrogens is 1. The van der Waals surface area contributed by atoms with E-state index in [0.717, 1.165) is 16.3 Å². The predicted octanol–water partition coefficient (Wildman–Crippen LogP) is 3.92. The Bertz CT molecular complexity index is 614. The molecule has 0 aliphatic heterocycles. The Morgan fingerprint density at radius 3 is 2.56 bits per heavy atom. The lowest BCUT2D eigenvalue weighted by atomic mass is 10.1. The van der Waals surface area contributed by atoms with Crippen molar-refractivity contribution in [3.05, 3.63) is 63.8 Å². The third-order valence-corrected chi connectivity index (χ3v) is 4.54. The molecule has 0 saturated heterocycles. The molecule has 0 fully saturated rings. The summed E-state index contributed by atoms with van der Waals surface area (Å²) in [5.74, 6) is 0. The highest BCUT2D eigenvalue weighted by molar-refractivity contribution is 7.14. The first-order valence-electron chi connectivity index (χ1n) is 5.64. The molecule has 0 amide bonds. The molecule has 4 heteroatoms. The molecule has 1 unspecified atom stereocenters. The van der Waals surface area contributed by atoms with Crippen LogP contribution in [0.5, 0.6) is 0 Å². The van der Waals surface area contributed by atoms with Gasteiger partial charge in [-0.15, -0.1) is 22.7 Å². The number of benzene rings is 1. The average molecular weight is 272 g/mol. The van der Waals surface area contributed by atoms with Crippen LogP contribution < -0.4 is 5.73 Å². The van der Waals surface area contributed by atoms with Crippen molar-refractivity contribution < 1.29 is 0 Å². The second-order valence-electron chi connectivity index (χ2n) is 3.94. The molecule has 0 saturated carbocycles. The zero-order valence-corrected chi connectivity index (χ0v) is 11.2. The van der Waals surface area contributed by atoms with Crippen LogP contribution in [0.1, 0.15) is 16.6 Å². The second kappa shape index (κ2) is 5.02. The molecule has 2 N–H and O–H groups in total. The summed E-state index contributed by atoms with van der Waals surface area (Å²) in [5.41, 5.74) is 8.36. The topological polar surface area (TPSA) is 38.9 Å². The van der Waals surface area contributed by atoms with Crippen molar-refractivity contribution >= 4 is 22.7 Å². The molecule has 18 heavy (non-hydrogen) atoms. The standard InChI is InChI=1S/C14H12N2S2/c15-13(10-5-2-1-3-6-10)14-16-11(9-18-14)12-7-4-8-17-12/h1-9,13H,15H2. The monoisotopic (exact) mass is 272 g/mol. The minimum absolute atomic E-state index is 0.134. The summed E-state index contributed by atoms with van der Waals surface area (Å²) >= 11 is 3.32. The summed E-state index contributed by atoms with van der Waals surface area (Å²) in [4.78, 5) is 5.83. The van der Waals surface area contributed by atoms with E-state index in [1.807, 2.05) is 36.4 Å². The van der Waals surface area contributed by atoms with Gasteiger partial charge in [0.05, 0.1) is 16.6 Å². The van der Waals surface area contributed by atoms with Gasteiger partial charge in [0.1, 0.15) is 5.01 Å². The summed E-state index contributed by atoms with van der Waals surface area (Å²) in [6.45, 7) is 0. The fourth-order valence-electron chi connectivity index (χ4n) is 1.77. The van der Waals surface area contributed by atoms with Crippen LogP contribution in [0.4, 0.5) is 0 Å². The predicted molar refractivity (Wildman–Crippen MR) is 77.9 cm³/mol. The van der Waals surface area contributed by atoms with Crippen LogP contribution in [0.2, 0.25) is 0 Å². The van der Waals surface area contributed by atoms with E-state index in [2.05, 4.69) is 21.8 Å². The Hall–Kier alpha value is -1.49. The van der Waals surface area contributed by atoms with Crippen LogP contribution >= 0.6 is 22.7 Å². The summed E-state index contributed by atoms with van der Waals surface area (Å²) in [6.07, 6.45) is 0. The van der Waals surface area contributed by atoms with Gasteiger partial charge in [-0.05, 0) is 17.0 Å². The van der Waals surface area contributed by atoms with Crippen LogP contribution in [0.3, 0.4) is 0 Å². The average Bonchev–Trinajstić information content (AvgIpc) is 3.09. The number of thiophene rings is 1. The third-order valence-electron chi connectivity index (χ3n) is 2.72. The largest absolute Gasteiger partial charge is 0.318 e. The number of hydrogen-bond acceptors (Lipinski definition) is 4. The van der Waals surface area contributed by atoms with E-state index >= 15 is 0 Å². The van der Waals surface area contributed by atoms with Crippen molar-refractivity contribution in [1.29, 1.82) is 0 Å². The number of thiazole rings is 1. The summed E-state index contributed by atoms with van der Waals surface area (Å²) in [6, 6.07) is 14.1. The van der Waals surface area contributed by atoms with Crippen molar-refractivity contribution in [2.45, 2.75) is 6.04 Å². The van der Waals surface area contributed by atoms with Crippen LogP contribution in [0.15, 0.2) is 53.2 Å². The van der Waals surface area contributed by atoms with Gasteiger partial charge in [-0.25, -0.2) is 4.98 Å². The van der Waals surface area contributed by atoms with Gasteiger partial charge in [0.25, 0.3) is 0 Å². The summed E-state index contributed by atoms with van der Waals surface area (Å²) < 4.78 is 0. The highest BCUT2D eigenvalue weighted by Gasteiger charge is 2.13. The van der Waals surface area contributed by atoms with Crippen molar-refractivity contribution in [3.8, 4) is 10.6 Å². The molecule has 90 valence electrons. The zero-order chi connectivity index (χ0) is 12.4. The Morgan fingerprint density at radius 1 is 1.00 bits per heavy atom. The summed E-state index contributed by atoms with van der Waals surface area (Å²) in [5, 5.41) is 5.10. The quantitative estimate of drug-likeness (QED) is 0.785. The molecule has 3 rings (SSSR count). The van der Waals surface area contributed by atoms with E-state index < -0.39 is 0 Å². The summed E-state index contributed by atoms with van der Waals surface area (Å²) in [7, 11) is 0. The number of rotatable bonds is 3. The minimum Gasteiger partial charge on any atom is -0.318 e. The molecule has 1 atom stereocenters. The first-order valence-corrected chi connectivity index (χ1v) is 7.40. The highest BCUT2D eigenvalue weighted by Crippen LogP contribution is 2.29. The van der Waals surface area contributed by atoms with Crippen molar-refractivity contribution in [2.75, 3.05) is 0 Å². The van der Waals surface area contributed by atoms with Crippen LogP contribution in [-0.4, -0.2) is 4.98 Å². The first kappa shape index (κ1) is 11.6. The normalized spacial score (nSPS) is 12.5. The molecule has 0 aliphatic rings. The molecule has 3 aromatic rings. The third kappa shape index (κ3) is 2.22. The van der Waals surface area contributed by atoms with Crippen LogP contribution in [-0.2, 0) is 0 Å². The van der Waals surface area contributed by atoms with E-state index in [-0.39, 0.29) is 6.04 Å². The fraction of sp³-hybridized carbons (Fsp3) is 0.0714. The van der Waals surface area contributed by atoms with Gasteiger partial charge in [0, 0.05) is 5.38 Å². The Kier molecular flexibility index (Phi) is 3.23. The van der Waals surface area contributed by atoms with Gasteiger partial charge in [-0.3, -0.25) is 0 Å². The molecular weight excluding hydrogens is 260 g/mol. The lowest BCUT2D eigenvalue weighted by Gasteiger charge is -2.07. The van der Waals surface area contributed by atoms with Gasteiger partial charge < -0.3 is 5.73 Å². The zero-order valence-electron chi connectivity index (χ0n) is 9.61. The Labute approximate surface area is 114 Å². The van der Waals surface area contributed by atoms with Crippen LogP contribution in [0.25, 0.3) is 10.6 Å². The van der Waals surface area contributed by atoms with Gasteiger partial charge in [-0.1, -0.05) is 36.4 Å². The smallest absolute Gasteiger partial charge is 0.115 e. The molecule has 2 heterocycles. The number of nitrogens with two attached hydrogens (primary N) is 1. The van der Waals surface area contributed by atoms with Gasteiger partial charge >= 0.3 is 0 Å². The van der Waals surface area contributed by atoms with Gasteiger partial charge in [0.2, 0.25) is 0 Å². The maximum atomic E-state index is 6.23. The first-order chi connectivity index (χ1) is 8.84. The molecule has 2 aromatic heterocycles. The maximum absolute atomic E-state index is 6.23. The maximum Gasteiger partial charge on any atom is 0.115 e. The molecule has 0 bridgehead atoms. The van der Waals surface area contributed by atoms with Crippen LogP contribution in [0, 0.1) is 0 Å². The van der Waals surface area contributed by atoms with E-state index in [1.165, 1.54) is 4.88 Å². The van der Waals surface area contributed by atoms with E-state index in [1.54, 1.807) is 22.7 Å². The SMILES string of the molecule is NC(c1ccccc1)c1nc(-c2cccs2)cs1. The molecule has 0 radical (unpaired) electrons. The number of nitrogens with zero attached hydrogens (tertiary/aromatic N) is 1. The Morgan fingerprint density at radius 2 is 1.83 bits per heavy atom. The van der Waals surface area contributed by atoms with Gasteiger partial charge in [-0.2, -0.15) is 0 Å². The minimum atomic E-state index is -0.134. The van der Waals surface area contributed by atoms with Gasteiger partial charge in [0.15, 0.2) is 0 Å². The fourth-order valence-corrected chi connectivity index (χ4v) is 3.38. The molecule has 2 nitrogen and oxygen atoms in total. The second-order valence-corrected chi connectivity index (χ2v) is 5.77. The van der Waals surface area contributed by atoms with E-state index in [4.69, 9.17) is 5.73 Å². The van der Waals surface area contributed by atoms with E-state index in [0.29, 0.717) is 0 Å². The molecular formula is C14H12N2S2. The number of hydrogen-bond donors (Lipinski definition) is 1. The lowest BCUT2D eigenvalue weighted by molar-refractivity contribution is 0.859. The lowest BCUT2D eigenvalue weighted by Crippen LogP contribution is -2.11. The van der Waals surface area contributed by atoms with Crippen molar-refractivity contribution in [1.82, 2.24) is 4.98 Å². The molecule has 0 spiro atoms. The highest BCUT2D eigenvalue weighted by atomic mass is 32.1. The van der Waals surface area contributed by atoms with E-state index in [9.17, 15) is 0 Å².